The van der Waals surface area contributed by atoms with Crippen molar-refractivity contribution in [2.45, 2.75) is 33.1 Å². The zero-order valence-electron chi connectivity index (χ0n) is 18.7. The van der Waals surface area contributed by atoms with Gasteiger partial charge in [-0.25, -0.2) is 9.67 Å². The molecule has 2 aromatic carbocycles. The molecule has 0 radical (unpaired) electrons. The van der Waals surface area contributed by atoms with Crippen LogP contribution in [0.25, 0.3) is 28.0 Å². The van der Waals surface area contributed by atoms with E-state index in [0.717, 1.165) is 48.7 Å². The number of aryl methyl sites for hydroxylation is 1. The molecule has 0 spiro atoms. The molecule has 1 aliphatic carbocycles. The first kappa shape index (κ1) is 20.7. The maximum Gasteiger partial charge on any atom is 0.211 e. The summed E-state index contributed by atoms with van der Waals surface area (Å²) in [4.78, 5) is 7.28. The van der Waals surface area contributed by atoms with Gasteiger partial charge in [0, 0.05) is 29.7 Å². The highest BCUT2D eigenvalue weighted by molar-refractivity contribution is 7.12. The zero-order valence-corrected chi connectivity index (χ0v) is 19.5. The van der Waals surface area contributed by atoms with E-state index >= 15 is 0 Å². The van der Waals surface area contributed by atoms with Crippen LogP contribution >= 0.6 is 11.3 Å². The number of thiazole rings is 1. The van der Waals surface area contributed by atoms with Gasteiger partial charge in [-0.15, -0.1) is 11.3 Å². The van der Waals surface area contributed by atoms with E-state index in [4.69, 9.17) is 10.1 Å². The minimum Gasteiger partial charge on any atom is -0.372 e. The largest absolute Gasteiger partial charge is 0.372 e. The van der Waals surface area contributed by atoms with Crippen LogP contribution in [0.5, 0.6) is 0 Å². The second-order valence-electron chi connectivity index (χ2n) is 8.10. The summed E-state index contributed by atoms with van der Waals surface area (Å²) in [5.41, 5.74) is 8.54. The Kier molecular flexibility index (Phi) is 5.91. The Morgan fingerprint density at radius 3 is 2.53 bits per heavy atom. The molecule has 0 saturated heterocycles. The van der Waals surface area contributed by atoms with Crippen molar-refractivity contribution in [1.82, 2.24) is 14.8 Å². The van der Waals surface area contributed by atoms with Gasteiger partial charge >= 0.3 is 0 Å². The second-order valence-corrected chi connectivity index (χ2v) is 8.94. The van der Waals surface area contributed by atoms with E-state index in [1.807, 2.05) is 16.9 Å². The van der Waals surface area contributed by atoms with E-state index < -0.39 is 0 Å². The monoisotopic (exact) mass is 440 g/mol. The number of hydrogen-bond donors (Lipinski definition) is 0. The molecule has 0 amide bonds. The Morgan fingerprint density at radius 1 is 1.00 bits per heavy atom. The lowest BCUT2D eigenvalue weighted by Crippen LogP contribution is -2.21. The molecule has 0 N–H and O–H groups in total. The van der Waals surface area contributed by atoms with E-state index in [2.05, 4.69) is 78.7 Å². The minimum atomic E-state index is 0.926. The Hall–Kier alpha value is -3.18. The summed E-state index contributed by atoms with van der Waals surface area (Å²) in [6, 6.07) is 19.3. The van der Waals surface area contributed by atoms with Crippen LogP contribution in [0.4, 0.5) is 5.69 Å². The lowest BCUT2D eigenvalue weighted by molar-refractivity contribution is 0.793. The minimum absolute atomic E-state index is 0.926. The average molecular weight is 441 g/mol. The Morgan fingerprint density at radius 2 is 1.78 bits per heavy atom. The number of benzene rings is 2. The smallest absolute Gasteiger partial charge is 0.211 e. The SMILES string of the molecule is CCN(CC)c1ccc(C=C2CCCc3cnn(-c4nc(-c5ccccc5)cs4)c32)cc1. The van der Waals surface area contributed by atoms with Crippen LogP contribution < -0.4 is 4.90 Å². The lowest BCUT2D eigenvalue weighted by Gasteiger charge is -2.21. The maximum atomic E-state index is 4.91. The number of aromatic nitrogens is 3. The summed E-state index contributed by atoms with van der Waals surface area (Å²) >= 11 is 1.65. The van der Waals surface area contributed by atoms with Crippen LogP contribution in [-0.4, -0.2) is 27.9 Å². The first-order valence-electron chi connectivity index (χ1n) is 11.4. The van der Waals surface area contributed by atoms with Gasteiger partial charge in [0.15, 0.2) is 0 Å². The van der Waals surface area contributed by atoms with Crippen molar-refractivity contribution >= 4 is 28.7 Å². The Balaban J connectivity index is 1.48. The van der Waals surface area contributed by atoms with Gasteiger partial charge in [-0.2, -0.15) is 5.10 Å². The number of hydrogen-bond acceptors (Lipinski definition) is 4. The molecule has 2 heterocycles. The summed E-state index contributed by atoms with van der Waals surface area (Å²) in [6.45, 7) is 6.45. The van der Waals surface area contributed by atoms with Crippen LogP contribution in [0.3, 0.4) is 0 Å². The van der Waals surface area contributed by atoms with Gasteiger partial charge in [0.05, 0.1) is 17.6 Å². The summed E-state index contributed by atoms with van der Waals surface area (Å²) in [5, 5.41) is 7.79. The topological polar surface area (TPSA) is 34.0 Å². The van der Waals surface area contributed by atoms with Crippen molar-refractivity contribution in [1.29, 1.82) is 0 Å². The third-order valence-corrected chi connectivity index (χ3v) is 6.96. The third-order valence-electron chi connectivity index (χ3n) is 6.15. The summed E-state index contributed by atoms with van der Waals surface area (Å²) in [6.07, 6.45) is 7.65. The second kappa shape index (κ2) is 9.13. The fourth-order valence-corrected chi connectivity index (χ4v) is 5.25. The summed E-state index contributed by atoms with van der Waals surface area (Å²) < 4.78 is 2.04. The molecule has 0 fully saturated rings. The van der Waals surface area contributed by atoms with Crippen molar-refractivity contribution in [3.8, 4) is 16.4 Å². The molecule has 5 rings (SSSR count). The first-order chi connectivity index (χ1) is 15.8. The van der Waals surface area contributed by atoms with E-state index in [1.165, 1.54) is 28.1 Å². The standard InChI is InChI=1S/C27H28N4S/c1-3-30(4-2)24-15-13-20(14-16-24)17-22-11-8-12-23-18-28-31(26(22)23)27-29-25(19-32-27)21-9-6-5-7-10-21/h5-7,9-10,13-19H,3-4,8,11-12H2,1-2H3. The molecule has 2 aromatic heterocycles. The molecule has 0 bridgehead atoms. The molecule has 0 unspecified atom stereocenters. The van der Waals surface area contributed by atoms with E-state index in [0.29, 0.717) is 0 Å². The highest BCUT2D eigenvalue weighted by Crippen LogP contribution is 2.35. The molecule has 4 nitrogen and oxygen atoms in total. The van der Waals surface area contributed by atoms with E-state index in [1.54, 1.807) is 11.3 Å². The van der Waals surface area contributed by atoms with Crippen molar-refractivity contribution < 1.29 is 0 Å². The lowest BCUT2D eigenvalue weighted by atomic mass is 9.91. The third kappa shape index (κ3) is 4.00. The number of allylic oxidation sites excluding steroid dienone is 1. The first-order valence-corrected chi connectivity index (χ1v) is 12.3. The molecule has 1 aliphatic rings. The van der Waals surface area contributed by atoms with Crippen LogP contribution in [-0.2, 0) is 6.42 Å². The number of nitrogens with zero attached hydrogens (tertiary/aromatic N) is 4. The fraction of sp³-hybridized carbons (Fsp3) is 0.259. The molecular weight excluding hydrogens is 412 g/mol. The molecule has 0 atom stereocenters. The molecule has 4 aromatic rings. The average Bonchev–Trinajstić information content (AvgIpc) is 3.49. The van der Waals surface area contributed by atoms with Crippen LogP contribution in [0, 0.1) is 0 Å². The van der Waals surface area contributed by atoms with E-state index in [9.17, 15) is 0 Å². The molecule has 162 valence electrons. The number of anilines is 1. The molecule has 0 saturated carbocycles. The highest BCUT2D eigenvalue weighted by atomic mass is 32.1. The van der Waals surface area contributed by atoms with Gasteiger partial charge in [-0.3, -0.25) is 0 Å². The predicted molar refractivity (Wildman–Crippen MR) is 135 cm³/mol. The molecule has 5 heteroatoms. The number of fused-ring (bicyclic) bond motifs is 1. The maximum absolute atomic E-state index is 4.91. The quantitative estimate of drug-likeness (QED) is 0.334. The van der Waals surface area contributed by atoms with Gasteiger partial charge in [0.1, 0.15) is 0 Å². The number of rotatable bonds is 6. The molecule has 32 heavy (non-hydrogen) atoms. The molecular formula is C27H28N4S. The predicted octanol–water partition coefficient (Wildman–Crippen LogP) is 6.72. The van der Waals surface area contributed by atoms with Crippen LogP contribution in [0.2, 0.25) is 0 Å². The van der Waals surface area contributed by atoms with Crippen LogP contribution in [0.1, 0.15) is 43.5 Å². The van der Waals surface area contributed by atoms with Crippen molar-refractivity contribution in [3.05, 3.63) is 83.0 Å². The zero-order chi connectivity index (χ0) is 21.9. The van der Waals surface area contributed by atoms with Crippen molar-refractivity contribution in [3.63, 3.8) is 0 Å². The summed E-state index contributed by atoms with van der Waals surface area (Å²) in [7, 11) is 0. The van der Waals surface area contributed by atoms with Gasteiger partial charge in [-0.1, -0.05) is 42.5 Å². The van der Waals surface area contributed by atoms with Crippen LogP contribution in [0.15, 0.2) is 66.2 Å². The Labute approximate surface area is 193 Å². The van der Waals surface area contributed by atoms with Crippen molar-refractivity contribution in [2.24, 2.45) is 0 Å². The highest BCUT2D eigenvalue weighted by Gasteiger charge is 2.22. The van der Waals surface area contributed by atoms with Gasteiger partial charge in [0.2, 0.25) is 5.13 Å². The van der Waals surface area contributed by atoms with E-state index in [-0.39, 0.29) is 0 Å². The van der Waals surface area contributed by atoms with Gasteiger partial charge < -0.3 is 4.90 Å². The normalized spacial score (nSPS) is 14.5. The van der Waals surface area contributed by atoms with Crippen molar-refractivity contribution in [2.75, 3.05) is 18.0 Å². The summed E-state index contributed by atoms with van der Waals surface area (Å²) in [5.74, 6) is 0. The Bertz CT molecular complexity index is 1210. The van der Waals surface area contributed by atoms with Gasteiger partial charge in [0.25, 0.3) is 0 Å². The fourth-order valence-electron chi connectivity index (χ4n) is 4.46. The van der Waals surface area contributed by atoms with Gasteiger partial charge in [-0.05, 0) is 68.0 Å². The molecule has 0 aliphatic heterocycles.